The Morgan fingerprint density at radius 3 is 2.87 bits per heavy atom. The summed E-state index contributed by atoms with van der Waals surface area (Å²) in [6.45, 7) is 0.745. The Kier molecular flexibility index (Phi) is 4.73. The minimum absolute atomic E-state index is 0.116. The monoisotopic (exact) mass is 347 g/mol. The topological polar surface area (TPSA) is 64.0 Å². The number of hydrogen-bond acceptors (Lipinski definition) is 4. The number of amides is 1. The first-order chi connectivity index (χ1) is 11.1. The Bertz CT molecular complexity index is 903. The smallest absolute Gasteiger partial charge is 0.261 e. The number of hydrogen-bond donors (Lipinski definition) is 1. The summed E-state index contributed by atoms with van der Waals surface area (Å²) >= 11 is 7.28. The molecule has 23 heavy (non-hydrogen) atoms. The summed E-state index contributed by atoms with van der Waals surface area (Å²) in [5.74, 6) is -0.116. The number of nitrogens with one attached hydrogen (secondary N) is 1. The van der Waals surface area contributed by atoms with Gasteiger partial charge in [0.1, 0.15) is 0 Å². The molecule has 0 bridgehead atoms. The van der Waals surface area contributed by atoms with E-state index in [1.807, 2.05) is 12.1 Å². The number of rotatable bonds is 5. The number of para-hydroxylation sites is 1. The fourth-order valence-corrected chi connectivity index (χ4v) is 3.24. The molecule has 0 fully saturated rings. The van der Waals surface area contributed by atoms with Gasteiger partial charge in [0.15, 0.2) is 0 Å². The van der Waals surface area contributed by atoms with Crippen molar-refractivity contribution < 1.29 is 4.79 Å². The van der Waals surface area contributed by atoms with Crippen molar-refractivity contribution in [3.63, 3.8) is 0 Å². The Hall–Kier alpha value is -2.18. The standard InChI is InChI=1S/C16H14ClN3O2S/c17-14-6-5-11(23-14)9-18-15(21)7-8-20-10-19-13-4-2-1-3-12(13)16(20)22/h1-6,10H,7-9H2,(H,18,21). The van der Waals surface area contributed by atoms with Crippen molar-refractivity contribution in [3.05, 3.63) is 62.3 Å². The highest BCUT2D eigenvalue weighted by molar-refractivity contribution is 7.16. The number of benzene rings is 1. The summed E-state index contributed by atoms with van der Waals surface area (Å²) in [5, 5.41) is 3.38. The van der Waals surface area contributed by atoms with Crippen LogP contribution in [0.5, 0.6) is 0 Å². The molecule has 0 aliphatic carbocycles. The molecule has 0 radical (unpaired) electrons. The molecule has 2 heterocycles. The molecule has 0 saturated heterocycles. The molecule has 0 saturated carbocycles. The number of nitrogens with zero attached hydrogens (tertiary/aromatic N) is 2. The van der Waals surface area contributed by atoms with Gasteiger partial charge in [0.25, 0.3) is 5.56 Å². The molecule has 118 valence electrons. The zero-order valence-electron chi connectivity index (χ0n) is 12.2. The first-order valence-electron chi connectivity index (χ1n) is 7.08. The summed E-state index contributed by atoms with van der Waals surface area (Å²) in [7, 11) is 0. The summed E-state index contributed by atoms with van der Waals surface area (Å²) in [6.07, 6.45) is 1.70. The van der Waals surface area contributed by atoms with Crippen molar-refractivity contribution in [2.45, 2.75) is 19.5 Å². The number of carbonyl (C=O) groups is 1. The van der Waals surface area contributed by atoms with Crippen LogP contribution in [0.4, 0.5) is 0 Å². The third kappa shape index (κ3) is 3.78. The van der Waals surface area contributed by atoms with E-state index in [1.54, 1.807) is 24.3 Å². The van der Waals surface area contributed by atoms with Gasteiger partial charge >= 0.3 is 0 Å². The molecule has 2 aromatic heterocycles. The molecular weight excluding hydrogens is 334 g/mol. The second-order valence-corrected chi connectivity index (χ2v) is 6.79. The van der Waals surface area contributed by atoms with Gasteiger partial charge in [-0.15, -0.1) is 11.3 Å². The van der Waals surface area contributed by atoms with Gasteiger partial charge in [-0.05, 0) is 24.3 Å². The lowest BCUT2D eigenvalue weighted by molar-refractivity contribution is -0.121. The summed E-state index contributed by atoms with van der Waals surface area (Å²) in [5.41, 5.74) is 0.529. The van der Waals surface area contributed by atoms with Crippen LogP contribution in [-0.2, 0) is 17.9 Å². The first-order valence-corrected chi connectivity index (χ1v) is 8.28. The third-order valence-corrected chi connectivity index (χ3v) is 4.63. The van der Waals surface area contributed by atoms with E-state index in [2.05, 4.69) is 10.3 Å². The van der Waals surface area contributed by atoms with E-state index < -0.39 is 0 Å². The number of thiophene rings is 1. The maximum atomic E-state index is 12.3. The van der Waals surface area contributed by atoms with Crippen molar-refractivity contribution in [2.75, 3.05) is 0 Å². The van der Waals surface area contributed by atoms with E-state index in [1.165, 1.54) is 22.2 Å². The van der Waals surface area contributed by atoms with Crippen LogP contribution >= 0.6 is 22.9 Å². The van der Waals surface area contributed by atoms with Gasteiger partial charge in [-0.3, -0.25) is 14.2 Å². The number of aryl methyl sites for hydroxylation is 1. The van der Waals surface area contributed by atoms with Gasteiger partial charge < -0.3 is 5.32 Å². The normalized spacial score (nSPS) is 10.8. The van der Waals surface area contributed by atoms with Gasteiger partial charge in [0.2, 0.25) is 5.91 Å². The van der Waals surface area contributed by atoms with Gasteiger partial charge in [-0.25, -0.2) is 4.98 Å². The highest BCUT2D eigenvalue weighted by atomic mass is 35.5. The van der Waals surface area contributed by atoms with E-state index in [9.17, 15) is 9.59 Å². The molecule has 1 amide bonds. The average molecular weight is 348 g/mol. The van der Waals surface area contributed by atoms with Gasteiger partial charge in [-0.1, -0.05) is 23.7 Å². The van der Waals surface area contributed by atoms with Crippen LogP contribution in [0.1, 0.15) is 11.3 Å². The maximum Gasteiger partial charge on any atom is 0.261 e. The molecule has 7 heteroatoms. The highest BCUT2D eigenvalue weighted by Crippen LogP contribution is 2.20. The van der Waals surface area contributed by atoms with Crippen LogP contribution in [0.2, 0.25) is 4.34 Å². The molecule has 0 aliphatic heterocycles. The van der Waals surface area contributed by atoms with Crippen LogP contribution in [0.15, 0.2) is 47.5 Å². The Balaban J connectivity index is 1.60. The van der Waals surface area contributed by atoms with Crippen molar-refractivity contribution in [1.82, 2.24) is 14.9 Å². The molecule has 0 aliphatic rings. The van der Waals surface area contributed by atoms with E-state index in [0.29, 0.717) is 28.3 Å². The van der Waals surface area contributed by atoms with Gasteiger partial charge in [0.05, 0.1) is 28.1 Å². The fourth-order valence-electron chi connectivity index (χ4n) is 2.21. The maximum absolute atomic E-state index is 12.3. The zero-order valence-corrected chi connectivity index (χ0v) is 13.7. The SMILES string of the molecule is O=C(CCn1cnc2ccccc2c1=O)NCc1ccc(Cl)s1. The lowest BCUT2D eigenvalue weighted by Crippen LogP contribution is -2.27. The molecule has 3 aromatic rings. The van der Waals surface area contributed by atoms with Crippen molar-refractivity contribution >= 4 is 39.7 Å². The van der Waals surface area contributed by atoms with E-state index in [-0.39, 0.29) is 17.9 Å². The summed E-state index contributed by atoms with van der Waals surface area (Å²) in [6, 6.07) is 10.8. The second kappa shape index (κ2) is 6.93. The zero-order chi connectivity index (χ0) is 16.2. The van der Waals surface area contributed by atoms with E-state index in [4.69, 9.17) is 11.6 Å². The molecule has 0 atom stereocenters. The Morgan fingerprint density at radius 2 is 2.09 bits per heavy atom. The predicted octanol–water partition coefficient (Wildman–Crippen LogP) is 2.82. The minimum atomic E-state index is -0.131. The quantitative estimate of drug-likeness (QED) is 0.772. The van der Waals surface area contributed by atoms with Gasteiger partial charge in [-0.2, -0.15) is 0 Å². The lowest BCUT2D eigenvalue weighted by Gasteiger charge is -2.07. The second-order valence-electron chi connectivity index (χ2n) is 4.99. The number of fused-ring (bicyclic) bond motifs is 1. The predicted molar refractivity (Wildman–Crippen MR) is 91.8 cm³/mol. The highest BCUT2D eigenvalue weighted by Gasteiger charge is 2.07. The molecule has 0 spiro atoms. The third-order valence-electron chi connectivity index (χ3n) is 3.40. The van der Waals surface area contributed by atoms with Crippen LogP contribution < -0.4 is 10.9 Å². The number of aromatic nitrogens is 2. The number of halogens is 1. The summed E-state index contributed by atoms with van der Waals surface area (Å²) < 4.78 is 2.16. The Labute approximate surface area is 141 Å². The minimum Gasteiger partial charge on any atom is -0.351 e. The van der Waals surface area contributed by atoms with Crippen molar-refractivity contribution in [2.24, 2.45) is 0 Å². The molecule has 5 nitrogen and oxygen atoms in total. The van der Waals surface area contributed by atoms with Crippen LogP contribution in [0, 0.1) is 0 Å². The van der Waals surface area contributed by atoms with Crippen molar-refractivity contribution in [3.8, 4) is 0 Å². The Morgan fingerprint density at radius 1 is 1.26 bits per heavy atom. The largest absolute Gasteiger partial charge is 0.351 e. The van der Waals surface area contributed by atoms with E-state index in [0.717, 1.165) is 4.88 Å². The van der Waals surface area contributed by atoms with Crippen LogP contribution in [0.3, 0.4) is 0 Å². The van der Waals surface area contributed by atoms with Crippen molar-refractivity contribution in [1.29, 1.82) is 0 Å². The molecule has 1 N–H and O–H groups in total. The van der Waals surface area contributed by atoms with Gasteiger partial charge in [0, 0.05) is 17.8 Å². The van der Waals surface area contributed by atoms with E-state index >= 15 is 0 Å². The lowest BCUT2D eigenvalue weighted by atomic mass is 10.2. The molecule has 3 rings (SSSR count). The first kappa shape index (κ1) is 15.7. The molecular formula is C16H14ClN3O2S. The molecule has 0 unspecified atom stereocenters. The number of carbonyl (C=O) groups excluding carboxylic acids is 1. The fraction of sp³-hybridized carbons (Fsp3) is 0.188. The summed E-state index contributed by atoms with van der Waals surface area (Å²) in [4.78, 5) is 29.4. The van der Waals surface area contributed by atoms with Crippen LogP contribution in [0.25, 0.3) is 10.9 Å². The molecule has 1 aromatic carbocycles. The van der Waals surface area contributed by atoms with Crippen LogP contribution in [-0.4, -0.2) is 15.5 Å². The average Bonchev–Trinajstić information content (AvgIpc) is 2.98.